The van der Waals surface area contributed by atoms with E-state index in [9.17, 15) is 14.4 Å². The molecule has 0 bridgehead atoms. The summed E-state index contributed by atoms with van der Waals surface area (Å²) in [6.07, 6.45) is -0.424. The highest BCUT2D eigenvalue weighted by Crippen LogP contribution is 2.22. The molecular formula is C20H23N5O6. The number of aliphatic imine (C=N–C) groups is 1. The van der Waals surface area contributed by atoms with Crippen LogP contribution < -0.4 is 16.4 Å². The molecule has 0 spiro atoms. The molecule has 11 heteroatoms. The topological polar surface area (TPSA) is 151 Å². The minimum Gasteiger partial charge on any atom is -0.469 e. The van der Waals surface area contributed by atoms with Crippen LogP contribution in [-0.4, -0.2) is 55.0 Å². The van der Waals surface area contributed by atoms with E-state index in [1.165, 1.54) is 22.8 Å². The van der Waals surface area contributed by atoms with Crippen LogP contribution in [0.25, 0.3) is 0 Å². The molecule has 0 radical (unpaired) electrons. The van der Waals surface area contributed by atoms with Crippen molar-refractivity contribution < 1.29 is 28.6 Å². The van der Waals surface area contributed by atoms with E-state index in [-0.39, 0.29) is 25.5 Å². The van der Waals surface area contributed by atoms with Gasteiger partial charge in [0.2, 0.25) is 0 Å². The van der Waals surface area contributed by atoms with Crippen LogP contribution in [0.3, 0.4) is 0 Å². The standard InChI is InChI=1S/C20H23N5O6/c1-29-17(26)9-15-3-2-8-24(15)19(27)30-12-16-11-25(20(28)31-16)14-6-4-13(5-7-14)10-23-18(21)22/h2-8,16H,9-12H2,1H3,(H4,21,22,23). The van der Waals surface area contributed by atoms with Gasteiger partial charge in [0, 0.05) is 17.6 Å². The summed E-state index contributed by atoms with van der Waals surface area (Å²) in [7, 11) is 1.27. The first-order valence-corrected chi connectivity index (χ1v) is 9.40. The zero-order chi connectivity index (χ0) is 22.4. The molecule has 1 atom stereocenters. The number of anilines is 1. The van der Waals surface area contributed by atoms with Gasteiger partial charge in [-0.3, -0.25) is 14.3 Å². The number of cyclic esters (lactones) is 1. The largest absolute Gasteiger partial charge is 0.469 e. The number of nitrogens with two attached hydrogens (primary N) is 2. The maximum Gasteiger partial charge on any atom is 0.418 e. The van der Waals surface area contributed by atoms with Gasteiger partial charge in [0.1, 0.15) is 6.61 Å². The molecule has 2 heterocycles. The van der Waals surface area contributed by atoms with Crippen molar-refractivity contribution in [3.05, 3.63) is 53.9 Å². The summed E-state index contributed by atoms with van der Waals surface area (Å²) in [5.41, 5.74) is 12.6. The maximum absolute atomic E-state index is 12.3. The van der Waals surface area contributed by atoms with E-state index < -0.39 is 24.3 Å². The Bertz CT molecular complexity index is 980. The number of esters is 1. The number of amides is 1. The molecule has 1 unspecified atom stereocenters. The quantitative estimate of drug-likeness (QED) is 0.286. The number of guanidine groups is 1. The molecule has 11 nitrogen and oxygen atoms in total. The Labute approximate surface area is 178 Å². The van der Waals surface area contributed by atoms with E-state index >= 15 is 0 Å². The fourth-order valence-electron chi connectivity index (χ4n) is 2.98. The molecule has 164 valence electrons. The van der Waals surface area contributed by atoms with Crippen LogP contribution in [0.1, 0.15) is 11.3 Å². The van der Waals surface area contributed by atoms with Crippen LogP contribution in [0.15, 0.2) is 47.6 Å². The Morgan fingerprint density at radius 3 is 2.65 bits per heavy atom. The van der Waals surface area contributed by atoms with Crippen molar-refractivity contribution in [2.75, 3.05) is 25.2 Å². The van der Waals surface area contributed by atoms with E-state index in [4.69, 9.17) is 20.9 Å². The lowest BCUT2D eigenvalue weighted by Crippen LogP contribution is -2.27. The van der Waals surface area contributed by atoms with Crippen LogP contribution in [0.4, 0.5) is 15.3 Å². The highest BCUT2D eigenvalue weighted by atomic mass is 16.6. The Kier molecular flexibility index (Phi) is 6.75. The first kappa shape index (κ1) is 21.7. The zero-order valence-corrected chi connectivity index (χ0v) is 16.9. The predicted octanol–water partition coefficient (Wildman–Crippen LogP) is 0.987. The molecule has 1 aliphatic heterocycles. The van der Waals surface area contributed by atoms with Crippen molar-refractivity contribution in [3.8, 4) is 0 Å². The summed E-state index contributed by atoms with van der Waals surface area (Å²) in [5, 5.41) is 0. The minimum atomic E-state index is -0.678. The highest BCUT2D eigenvalue weighted by Gasteiger charge is 2.33. The first-order chi connectivity index (χ1) is 14.9. The van der Waals surface area contributed by atoms with E-state index in [2.05, 4.69) is 9.73 Å². The Morgan fingerprint density at radius 1 is 1.23 bits per heavy atom. The lowest BCUT2D eigenvalue weighted by atomic mass is 10.2. The lowest BCUT2D eigenvalue weighted by molar-refractivity contribution is -0.139. The molecule has 1 saturated heterocycles. The molecule has 1 fully saturated rings. The Hall–Kier alpha value is -4.02. The zero-order valence-electron chi connectivity index (χ0n) is 16.9. The van der Waals surface area contributed by atoms with Crippen LogP contribution in [-0.2, 0) is 32.0 Å². The van der Waals surface area contributed by atoms with Crippen LogP contribution >= 0.6 is 0 Å². The van der Waals surface area contributed by atoms with Crippen molar-refractivity contribution in [1.29, 1.82) is 0 Å². The van der Waals surface area contributed by atoms with Gasteiger partial charge >= 0.3 is 18.2 Å². The van der Waals surface area contributed by atoms with Crippen LogP contribution in [0, 0.1) is 0 Å². The minimum absolute atomic E-state index is 0.00177. The number of methoxy groups -OCH3 is 1. The summed E-state index contributed by atoms with van der Waals surface area (Å²) < 4.78 is 16.4. The number of benzene rings is 1. The van der Waals surface area contributed by atoms with Gasteiger partial charge in [-0.25, -0.2) is 14.6 Å². The van der Waals surface area contributed by atoms with E-state index in [1.807, 2.05) is 0 Å². The van der Waals surface area contributed by atoms with Crippen LogP contribution in [0.2, 0.25) is 0 Å². The molecule has 31 heavy (non-hydrogen) atoms. The SMILES string of the molecule is COC(=O)Cc1cccn1C(=O)OCC1CN(c2ccc(CN=C(N)N)cc2)C(=O)O1. The molecule has 0 aliphatic carbocycles. The third-order valence-corrected chi connectivity index (χ3v) is 4.54. The summed E-state index contributed by atoms with van der Waals surface area (Å²) in [5.74, 6) is -0.473. The number of carbonyl (C=O) groups excluding carboxylic acids is 3. The van der Waals surface area contributed by atoms with Crippen molar-refractivity contribution in [1.82, 2.24) is 4.57 Å². The average Bonchev–Trinajstić information content (AvgIpc) is 3.37. The number of hydrogen-bond acceptors (Lipinski definition) is 7. The molecule has 1 aliphatic rings. The van der Waals surface area contributed by atoms with Gasteiger partial charge in [0.25, 0.3) is 0 Å². The average molecular weight is 429 g/mol. The molecule has 0 saturated carbocycles. The second kappa shape index (κ2) is 9.65. The van der Waals surface area contributed by atoms with Crippen molar-refractivity contribution in [2.45, 2.75) is 19.1 Å². The van der Waals surface area contributed by atoms with Crippen molar-refractivity contribution in [2.24, 2.45) is 16.5 Å². The third kappa shape index (κ3) is 5.53. The number of ether oxygens (including phenoxy) is 3. The van der Waals surface area contributed by atoms with Gasteiger partial charge in [0.05, 0.1) is 26.6 Å². The Balaban J connectivity index is 1.55. The number of carbonyl (C=O) groups is 3. The second-order valence-electron chi connectivity index (χ2n) is 6.72. The molecule has 4 N–H and O–H groups in total. The molecule has 1 aromatic carbocycles. The molecule has 1 amide bonds. The lowest BCUT2D eigenvalue weighted by Gasteiger charge is -2.14. The van der Waals surface area contributed by atoms with Gasteiger partial charge in [-0.2, -0.15) is 0 Å². The maximum atomic E-state index is 12.3. The van der Waals surface area contributed by atoms with Gasteiger partial charge in [-0.15, -0.1) is 0 Å². The summed E-state index contributed by atoms with van der Waals surface area (Å²) >= 11 is 0. The third-order valence-electron chi connectivity index (χ3n) is 4.54. The molecule has 1 aromatic heterocycles. The Morgan fingerprint density at radius 2 is 1.97 bits per heavy atom. The number of rotatable bonds is 7. The number of hydrogen-bond donors (Lipinski definition) is 2. The van der Waals surface area contributed by atoms with Gasteiger partial charge in [-0.1, -0.05) is 12.1 Å². The van der Waals surface area contributed by atoms with E-state index in [1.54, 1.807) is 36.4 Å². The van der Waals surface area contributed by atoms with Crippen molar-refractivity contribution in [3.63, 3.8) is 0 Å². The fourth-order valence-corrected chi connectivity index (χ4v) is 2.98. The van der Waals surface area contributed by atoms with Gasteiger partial charge in [-0.05, 0) is 29.8 Å². The summed E-state index contributed by atoms with van der Waals surface area (Å²) in [6.45, 7) is 0.433. The monoisotopic (exact) mass is 429 g/mol. The summed E-state index contributed by atoms with van der Waals surface area (Å²) in [6, 6.07) is 10.4. The van der Waals surface area contributed by atoms with E-state index in [0.717, 1.165) is 5.56 Å². The number of nitrogens with zero attached hydrogens (tertiary/aromatic N) is 3. The smallest absolute Gasteiger partial charge is 0.418 e. The van der Waals surface area contributed by atoms with Gasteiger partial charge in [0.15, 0.2) is 12.1 Å². The fraction of sp³-hybridized carbons (Fsp3) is 0.300. The highest BCUT2D eigenvalue weighted by molar-refractivity contribution is 5.89. The molecule has 3 rings (SSSR count). The predicted molar refractivity (Wildman–Crippen MR) is 110 cm³/mol. The van der Waals surface area contributed by atoms with Crippen molar-refractivity contribution >= 4 is 29.8 Å². The normalized spacial score (nSPS) is 15.3. The number of aromatic nitrogens is 1. The molecular weight excluding hydrogens is 406 g/mol. The van der Waals surface area contributed by atoms with Gasteiger partial charge < -0.3 is 25.7 Å². The summed E-state index contributed by atoms with van der Waals surface area (Å²) in [4.78, 5) is 41.4. The van der Waals surface area contributed by atoms with Crippen LogP contribution in [0.5, 0.6) is 0 Å². The first-order valence-electron chi connectivity index (χ1n) is 9.40. The molecule has 2 aromatic rings. The second-order valence-corrected chi connectivity index (χ2v) is 6.72. The van der Waals surface area contributed by atoms with E-state index in [0.29, 0.717) is 17.9 Å².